The first-order valence-corrected chi connectivity index (χ1v) is 6.86. The van der Waals surface area contributed by atoms with Crippen molar-refractivity contribution in [2.45, 2.75) is 38.6 Å². The van der Waals surface area contributed by atoms with Gasteiger partial charge in [0.25, 0.3) is 0 Å². The summed E-state index contributed by atoms with van der Waals surface area (Å²) >= 11 is 0. The number of hydrogen-bond acceptors (Lipinski definition) is 3. The second-order valence-corrected chi connectivity index (χ2v) is 5.21. The van der Waals surface area contributed by atoms with Gasteiger partial charge in [-0.05, 0) is 37.3 Å². The van der Waals surface area contributed by atoms with E-state index in [4.69, 9.17) is 10.5 Å². The standard InChI is InChI=1S/C15H24N2O/c1-11-7-8-13(18-2)9-14(11)17-15(10-16)12-5-3-4-6-12/h7-9,12,15,17H,3-6,10,16H2,1-2H3. The van der Waals surface area contributed by atoms with Gasteiger partial charge in [-0.15, -0.1) is 0 Å². The van der Waals surface area contributed by atoms with E-state index in [1.54, 1.807) is 7.11 Å². The number of ether oxygens (including phenoxy) is 1. The number of nitrogens with one attached hydrogen (secondary N) is 1. The van der Waals surface area contributed by atoms with Gasteiger partial charge in [0.05, 0.1) is 7.11 Å². The molecular formula is C15H24N2O. The summed E-state index contributed by atoms with van der Waals surface area (Å²) in [5.74, 6) is 1.62. The number of nitrogens with two attached hydrogens (primary N) is 1. The summed E-state index contributed by atoms with van der Waals surface area (Å²) < 4.78 is 5.28. The largest absolute Gasteiger partial charge is 0.497 e. The SMILES string of the molecule is COc1ccc(C)c(NC(CN)C2CCCC2)c1. The lowest BCUT2D eigenvalue weighted by molar-refractivity contribution is 0.414. The van der Waals surface area contributed by atoms with E-state index < -0.39 is 0 Å². The van der Waals surface area contributed by atoms with E-state index >= 15 is 0 Å². The quantitative estimate of drug-likeness (QED) is 0.842. The van der Waals surface area contributed by atoms with Crippen LogP contribution in [-0.4, -0.2) is 19.7 Å². The molecule has 0 aliphatic heterocycles. The number of aryl methyl sites for hydroxylation is 1. The van der Waals surface area contributed by atoms with E-state index in [1.165, 1.54) is 31.2 Å². The molecule has 0 heterocycles. The number of hydrogen-bond donors (Lipinski definition) is 2. The molecule has 1 saturated carbocycles. The van der Waals surface area contributed by atoms with Gasteiger partial charge in [-0.3, -0.25) is 0 Å². The van der Waals surface area contributed by atoms with Crippen LogP contribution in [0.15, 0.2) is 18.2 Å². The van der Waals surface area contributed by atoms with E-state index in [2.05, 4.69) is 24.4 Å². The number of benzene rings is 1. The molecule has 3 heteroatoms. The van der Waals surface area contributed by atoms with E-state index in [-0.39, 0.29) is 0 Å². The van der Waals surface area contributed by atoms with Crippen LogP contribution in [0.3, 0.4) is 0 Å². The molecule has 0 radical (unpaired) electrons. The average molecular weight is 248 g/mol. The van der Waals surface area contributed by atoms with Gasteiger partial charge in [-0.25, -0.2) is 0 Å². The zero-order valence-electron chi connectivity index (χ0n) is 11.4. The van der Waals surface area contributed by atoms with Crippen molar-refractivity contribution in [2.24, 2.45) is 11.7 Å². The van der Waals surface area contributed by atoms with Gasteiger partial charge in [0.15, 0.2) is 0 Å². The summed E-state index contributed by atoms with van der Waals surface area (Å²) in [6.45, 7) is 2.81. The minimum atomic E-state index is 0.387. The van der Waals surface area contributed by atoms with Gasteiger partial charge in [-0.2, -0.15) is 0 Å². The molecule has 1 fully saturated rings. The van der Waals surface area contributed by atoms with E-state index in [1.807, 2.05) is 6.07 Å². The fourth-order valence-corrected chi connectivity index (χ4v) is 2.81. The molecule has 18 heavy (non-hydrogen) atoms. The lowest BCUT2D eigenvalue weighted by Gasteiger charge is -2.25. The third-order valence-corrected chi connectivity index (χ3v) is 4.01. The molecule has 0 bridgehead atoms. The molecule has 100 valence electrons. The highest BCUT2D eigenvalue weighted by molar-refractivity contribution is 5.55. The van der Waals surface area contributed by atoms with Crippen molar-refractivity contribution in [3.8, 4) is 5.75 Å². The Kier molecular flexibility index (Phi) is 4.48. The van der Waals surface area contributed by atoms with E-state index in [9.17, 15) is 0 Å². The van der Waals surface area contributed by atoms with Gasteiger partial charge >= 0.3 is 0 Å². The first-order chi connectivity index (χ1) is 8.74. The summed E-state index contributed by atoms with van der Waals surface area (Å²) in [6.07, 6.45) is 5.30. The Bertz CT molecular complexity index is 386. The monoisotopic (exact) mass is 248 g/mol. The third-order valence-electron chi connectivity index (χ3n) is 4.01. The van der Waals surface area contributed by atoms with Gasteiger partial charge < -0.3 is 15.8 Å². The third kappa shape index (κ3) is 2.96. The van der Waals surface area contributed by atoms with Crippen LogP contribution >= 0.6 is 0 Å². The van der Waals surface area contributed by atoms with Crippen molar-refractivity contribution < 1.29 is 4.74 Å². The molecule has 0 amide bonds. The maximum atomic E-state index is 5.93. The van der Waals surface area contributed by atoms with Crippen molar-refractivity contribution in [2.75, 3.05) is 19.0 Å². The van der Waals surface area contributed by atoms with Crippen molar-refractivity contribution in [1.82, 2.24) is 0 Å². The van der Waals surface area contributed by atoms with Gasteiger partial charge in [0, 0.05) is 24.3 Å². The van der Waals surface area contributed by atoms with Crippen LogP contribution in [0.25, 0.3) is 0 Å². The Morgan fingerprint density at radius 3 is 2.72 bits per heavy atom. The normalized spacial score (nSPS) is 17.7. The zero-order chi connectivity index (χ0) is 13.0. The van der Waals surface area contributed by atoms with Gasteiger partial charge in [-0.1, -0.05) is 18.9 Å². The smallest absolute Gasteiger partial charge is 0.120 e. The molecule has 0 aromatic heterocycles. The molecule has 3 nitrogen and oxygen atoms in total. The summed E-state index contributed by atoms with van der Waals surface area (Å²) in [7, 11) is 1.70. The molecule has 1 atom stereocenters. The summed E-state index contributed by atoms with van der Waals surface area (Å²) in [4.78, 5) is 0. The Labute approximate surface area is 110 Å². The fraction of sp³-hybridized carbons (Fsp3) is 0.600. The molecule has 1 aromatic rings. The highest BCUT2D eigenvalue weighted by atomic mass is 16.5. The van der Waals surface area contributed by atoms with Crippen molar-refractivity contribution in [1.29, 1.82) is 0 Å². The number of rotatable bonds is 5. The summed E-state index contributed by atoms with van der Waals surface area (Å²) in [5.41, 5.74) is 8.32. The molecular weight excluding hydrogens is 224 g/mol. The van der Waals surface area contributed by atoms with Gasteiger partial charge in [0.1, 0.15) is 5.75 Å². The highest BCUT2D eigenvalue weighted by Crippen LogP contribution is 2.30. The van der Waals surface area contributed by atoms with Crippen LogP contribution in [0.5, 0.6) is 5.75 Å². The number of methoxy groups -OCH3 is 1. The van der Waals surface area contributed by atoms with Gasteiger partial charge in [0.2, 0.25) is 0 Å². The number of anilines is 1. The van der Waals surface area contributed by atoms with Crippen LogP contribution in [0.4, 0.5) is 5.69 Å². The van der Waals surface area contributed by atoms with Crippen molar-refractivity contribution in [3.63, 3.8) is 0 Å². The fourth-order valence-electron chi connectivity index (χ4n) is 2.81. The molecule has 1 aromatic carbocycles. The maximum Gasteiger partial charge on any atom is 0.120 e. The second kappa shape index (κ2) is 6.10. The van der Waals surface area contributed by atoms with E-state index in [0.717, 1.165) is 17.4 Å². The van der Waals surface area contributed by atoms with Crippen LogP contribution in [-0.2, 0) is 0 Å². The Morgan fingerprint density at radius 1 is 1.39 bits per heavy atom. The Morgan fingerprint density at radius 2 is 2.11 bits per heavy atom. The average Bonchev–Trinajstić information content (AvgIpc) is 2.91. The minimum Gasteiger partial charge on any atom is -0.497 e. The van der Waals surface area contributed by atoms with Crippen LogP contribution in [0, 0.1) is 12.8 Å². The second-order valence-electron chi connectivity index (χ2n) is 5.21. The lowest BCUT2D eigenvalue weighted by atomic mass is 9.97. The maximum absolute atomic E-state index is 5.93. The Balaban J connectivity index is 2.10. The molecule has 1 unspecified atom stereocenters. The summed E-state index contributed by atoms with van der Waals surface area (Å²) in [5, 5.41) is 3.61. The topological polar surface area (TPSA) is 47.3 Å². The minimum absolute atomic E-state index is 0.387. The predicted molar refractivity (Wildman–Crippen MR) is 76.2 cm³/mol. The molecule has 3 N–H and O–H groups in total. The first kappa shape index (κ1) is 13.2. The first-order valence-electron chi connectivity index (χ1n) is 6.86. The predicted octanol–water partition coefficient (Wildman–Crippen LogP) is 2.93. The van der Waals surface area contributed by atoms with Crippen LogP contribution < -0.4 is 15.8 Å². The van der Waals surface area contributed by atoms with E-state index in [0.29, 0.717) is 12.6 Å². The highest BCUT2D eigenvalue weighted by Gasteiger charge is 2.24. The van der Waals surface area contributed by atoms with Crippen LogP contribution in [0.2, 0.25) is 0 Å². The van der Waals surface area contributed by atoms with Crippen molar-refractivity contribution >= 4 is 5.69 Å². The Hall–Kier alpha value is -1.22. The van der Waals surface area contributed by atoms with Crippen molar-refractivity contribution in [3.05, 3.63) is 23.8 Å². The summed E-state index contributed by atoms with van der Waals surface area (Å²) in [6, 6.07) is 6.53. The molecule has 2 rings (SSSR count). The van der Waals surface area contributed by atoms with Crippen LogP contribution in [0.1, 0.15) is 31.2 Å². The molecule has 1 aliphatic rings. The lowest BCUT2D eigenvalue weighted by Crippen LogP contribution is -2.35. The molecule has 0 spiro atoms. The molecule has 0 saturated heterocycles. The zero-order valence-corrected chi connectivity index (χ0v) is 11.4. The molecule has 1 aliphatic carbocycles.